The third kappa shape index (κ3) is 2.76. The van der Waals surface area contributed by atoms with E-state index in [-0.39, 0.29) is 17.9 Å². The number of hydrogen-bond donors (Lipinski definition) is 0. The fourth-order valence-electron chi connectivity index (χ4n) is 1.47. The lowest BCUT2D eigenvalue weighted by atomic mass is 10.2. The van der Waals surface area contributed by atoms with E-state index in [1.807, 2.05) is 0 Å². The zero-order valence-electron chi connectivity index (χ0n) is 9.28. The zero-order valence-corrected chi connectivity index (χ0v) is 11.6. The first-order valence-corrected chi connectivity index (χ1v) is 6.30. The number of amides is 2. The van der Waals surface area contributed by atoms with Crippen LogP contribution in [-0.2, 0) is 14.4 Å². The van der Waals surface area contributed by atoms with Gasteiger partial charge in [0.2, 0.25) is 0 Å². The van der Waals surface area contributed by atoms with Crippen molar-refractivity contribution < 1.29 is 23.6 Å². The van der Waals surface area contributed by atoms with E-state index in [1.165, 1.54) is 0 Å². The van der Waals surface area contributed by atoms with Crippen molar-refractivity contribution in [2.24, 2.45) is 0 Å². The molecule has 5 nitrogen and oxygen atoms in total. The summed E-state index contributed by atoms with van der Waals surface area (Å²) in [5.74, 6) is -3.31. The predicted molar refractivity (Wildman–Crippen MR) is 65.6 cm³/mol. The largest absolute Gasteiger partial charge is 0.366 e. The Balaban J connectivity index is 2.23. The molecule has 0 bridgehead atoms. The van der Waals surface area contributed by atoms with Crippen LogP contribution in [0.25, 0.3) is 0 Å². The molecular weight excluding hydrogens is 344 g/mol. The van der Waals surface area contributed by atoms with E-state index in [9.17, 15) is 18.8 Å². The summed E-state index contributed by atoms with van der Waals surface area (Å²) in [5.41, 5.74) is -0.427. The van der Waals surface area contributed by atoms with Gasteiger partial charge in [-0.3, -0.25) is 9.59 Å². The van der Waals surface area contributed by atoms with E-state index in [0.717, 1.165) is 12.1 Å². The van der Waals surface area contributed by atoms with Crippen molar-refractivity contribution in [3.8, 4) is 0 Å². The number of imide groups is 1. The van der Waals surface area contributed by atoms with Gasteiger partial charge in [0.15, 0.2) is 0 Å². The van der Waals surface area contributed by atoms with Crippen LogP contribution >= 0.6 is 27.5 Å². The Labute approximate surface area is 120 Å². The van der Waals surface area contributed by atoms with Gasteiger partial charge < -0.3 is 4.84 Å². The van der Waals surface area contributed by atoms with E-state index >= 15 is 0 Å². The van der Waals surface area contributed by atoms with Crippen molar-refractivity contribution in [3.05, 3.63) is 33.0 Å². The maximum Gasteiger partial charge on any atom is 0.366 e. The number of carbonyl (C=O) groups is 3. The minimum Gasteiger partial charge on any atom is -0.325 e. The van der Waals surface area contributed by atoms with Gasteiger partial charge >= 0.3 is 5.97 Å². The second-order valence-electron chi connectivity index (χ2n) is 3.71. The molecule has 1 aliphatic rings. The molecule has 0 aromatic heterocycles. The van der Waals surface area contributed by atoms with Crippen LogP contribution in [0, 0.1) is 5.82 Å². The number of halogens is 3. The Bertz CT molecular complexity index is 576. The summed E-state index contributed by atoms with van der Waals surface area (Å²) in [6.45, 7) is 0. The van der Waals surface area contributed by atoms with Crippen LogP contribution in [0.15, 0.2) is 16.6 Å². The average molecular weight is 351 g/mol. The first-order valence-electron chi connectivity index (χ1n) is 5.13. The summed E-state index contributed by atoms with van der Waals surface area (Å²) < 4.78 is 13.8. The van der Waals surface area contributed by atoms with Gasteiger partial charge in [0.05, 0.1) is 10.6 Å². The third-order valence-corrected chi connectivity index (χ3v) is 3.61. The summed E-state index contributed by atoms with van der Waals surface area (Å²) in [4.78, 5) is 38.8. The average Bonchev–Trinajstić information content (AvgIpc) is 2.65. The highest BCUT2D eigenvalue weighted by Gasteiger charge is 2.33. The molecule has 0 aliphatic carbocycles. The Morgan fingerprint density at radius 2 is 1.89 bits per heavy atom. The Morgan fingerprint density at radius 3 is 2.47 bits per heavy atom. The van der Waals surface area contributed by atoms with Crippen LogP contribution in [0.5, 0.6) is 0 Å². The van der Waals surface area contributed by atoms with E-state index in [1.54, 1.807) is 0 Å². The molecule has 0 N–H and O–H groups in total. The summed E-state index contributed by atoms with van der Waals surface area (Å²) in [7, 11) is 0. The van der Waals surface area contributed by atoms with Gasteiger partial charge in [-0.1, -0.05) is 11.6 Å². The molecule has 0 atom stereocenters. The van der Waals surface area contributed by atoms with Crippen LogP contribution in [0.3, 0.4) is 0 Å². The van der Waals surface area contributed by atoms with Crippen molar-refractivity contribution in [2.45, 2.75) is 12.8 Å². The number of hydroxylamine groups is 2. The summed E-state index contributed by atoms with van der Waals surface area (Å²) in [6, 6.07) is 2.04. The number of rotatable bonds is 2. The van der Waals surface area contributed by atoms with Crippen molar-refractivity contribution in [3.63, 3.8) is 0 Å². The molecule has 1 aromatic rings. The fourth-order valence-corrected chi connectivity index (χ4v) is 1.96. The number of nitrogens with zero attached hydrogens (tertiary/aromatic N) is 1. The molecule has 0 saturated carbocycles. The van der Waals surface area contributed by atoms with E-state index in [4.69, 9.17) is 11.6 Å². The highest BCUT2D eigenvalue weighted by molar-refractivity contribution is 9.10. The lowest BCUT2D eigenvalue weighted by Gasteiger charge is -2.13. The van der Waals surface area contributed by atoms with Crippen LogP contribution in [0.2, 0.25) is 5.02 Å². The van der Waals surface area contributed by atoms with Crippen molar-refractivity contribution >= 4 is 45.3 Å². The molecule has 100 valence electrons. The van der Waals surface area contributed by atoms with E-state index in [2.05, 4.69) is 20.8 Å². The molecule has 2 amide bonds. The van der Waals surface area contributed by atoms with Crippen molar-refractivity contribution in [1.82, 2.24) is 5.06 Å². The van der Waals surface area contributed by atoms with Gasteiger partial charge in [0.25, 0.3) is 11.8 Å². The molecule has 19 heavy (non-hydrogen) atoms. The first kappa shape index (κ1) is 14.0. The second-order valence-corrected chi connectivity index (χ2v) is 4.97. The van der Waals surface area contributed by atoms with Gasteiger partial charge in [-0.2, -0.15) is 0 Å². The van der Waals surface area contributed by atoms with Crippen LogP contribution < -0.4 is 0 Å². The summed E-state index contributed by atoms with van der Waals surface area (Å²) in [5, 5.41) is 0.437. The second kappa shape index (κ2) is 5.26. The van der Waals surface area contributed by atoms with Gasteiger partial charge in [-0.15, -0.1) is 5.06 Å². The van der Waals surface area contributed by atoms with Gasteiger partial charge in [-0.25, -0.2) is 9.18 Å². The molecular formula is C11H6BrClFNO4. The zero-order chi connectivity index (χ0) is 14.2. The van der Waals surface area contributed by atoms with E-state index < -0.39 is 29.2 Å². The maximum absolute atomic E-state index is 13.6. The minimum atomic E-state index is -1.14. The van der Waals surface area contributed by atoms with Crippen LogP contribution in [0.4, 0.5) is 4.39 Å². The normalized spacial score (nSPS) is 15.0. The summed E-state index contributed by atoms with van der Waals surface area (Å²) in [6.07, 6.45) is -0.0577. The monoisotopic (exact) mass is 349 g/mol. The molecule has 2 rings (SSSR count). The topological polar surface area (TPSA) is 63.7 Å². The molecule has 1 aromatic carbocycles. The van der Waals surface area contributed by atoms with Gasteiger partial charge in [0, 0.05) is 17.3 Å². The number of carbonyl (C=O) groups excluding carboxylic acids is 3. The molecule has 1 aliphatic heterocycles. The van der Waals surface area contributed by atoms with Gasteiger partial charge in [-0.05, 0) is 28.1 Å². The Morgan fingerprint density at radius 1 is 1.32 bits per heavy atom. The molecule has 0 spiro atoms. The highest BCUT2D eigenvalue weighted by atomic mass is 79.9. The lowest BCUT2D eigenvalue weighted by molar-refractivity contribution is -0.172. The van der Waals surface area contributed by atoms with Crippen molar-refractivity contribution in [1.29, 1.82) is 0 Å². The Kier molecular flexibility index (Phi) is 3.86. The smallest absolute Gasteiger partial charge is 0.325 e. The van der Waals surface area contributed by atoms with Crippen molar-refractivity contribution in [2.75, 3.05) is 0 Å². The quantitative estimate of drug-likeness (QED) is 0.607. The molecule has 8 heteroatoms. The Hall–Kier alpha value is -1.47. The molecule has 0 radical (unpaired) electrons. The highest BCUT2D eigenvalue weighted by Crippen LogP contribution is 2.26. The molecule has 1 heterocycles. The lowest BCUT2D eigenvalue weighted by Crippen LogP contribution is -2.32. The summed E-state index contributed by atoms with van der Waals surface area (Å²) >= 11 is 8.68. The predicted octanol–water partition coefficient (Wildman–Crippen LogP) is 2.46. The molecule has 1 fully saturated rings. The molecule has 0 unspecified atom stereocenters. The number of benzene rings is 1. The van der Waals surface area contributed by atoms with E-state index in [0.29, 0.717) is 9.54 Å². The first-order chi connectivity index (χ1) is 8.90. The number of hydrogen-bond acceptors (Lipinski definition) is 4. The van der Waals surface area contributed by atoms with Gasteiger partial charge in [0.1, 0.15) is 5.82 Å². The molecule has 1 saturated heterocycles. The standard InChI is InChI=1S/C11H6BrClFNO4/c12-6-3-5(8(14)4-7(6)13)11(18)19-15-9(16)1-2-10(15)17/h3-4H,1-2H2. The SMILES string of the molecule is O=C(ON1C(=O)CCC1=O)c1cc(Br)c(Cl)cc1F. The maximum atomic E-state index is 13.6. The minimum absolute atomic E-state index is 0.0289. The fraction of sp³-hybridized carbons (Fsp3) is 0.182. The van der Waals surface area contributed by atoms with Crippen LogP contribution in [0.1, 0.15) is 23.2 Å². The third-order valence-electron chi connectivity index (χ3n) is 2.41. The van der Waals surface area contributed by atoms with Crippen LogP contribution in [-0.4, -0.2) is 22.8 Å².